The monoisotopic (exact) mass is 186 g/mol. The molecule has 1 aromatic heterocycles. The van der Waals surface area contributed by atoms with Gasteiger partial charge in [-0.15, -0.1) is 0 Å². The smallest absolute Gasteiger partial charge is 0.221 e. The Morgan fingerprint density at radius 3 is 2.93 bits per heavy atom. The van der Waals surface area contributed by atoms with Gasteiger partial charge in [-0.05, 0) is 23.1 Å². The highest BCUT2D eigenvalue weighted by atomic mass is 16.1. The first-order valence-electron chi connectivity index (χ1n) is 4.37. The van der Waals surface area contributed by atoms with Crippen LogP contribution in [-0.2, 0) is 11.2 Å². The molecule has 0 unspecified atom stereocenters. The third-order valence-electron chi connectivity index (χ3n) is 2.08. The summed E-state index contributed by atoms with van der Waals surface area (Å²) in [5.41, 5.74) is 6.04. The molecule has 0 aliphatic heterocycles. The van der Waals surface area contributed by atoms with Crippen molar-refractivity contribution in [1.82, 2.24) is 4.98 Å². The third-order valence-corrected chi connectivity index (χ3v) is 2.08. The van der Waals surface area contributed by atoms with E-state index in [1.807, 2.05) is 24.3 Å². The highest BCUT2D eigenvalue weighted by Gasteiger charge is 1.99. The van der Waals surface area contributed by atoms with Crippen molar-refractivity contribution >= 4 is 16.7 Å². The van der Waals surface area contributed by atoms with Gasteiger partial charge in [0.05, 0.1) is 6.42 Å². The van der Waals surface area contributed by atoms with Crippen LogP contribution in [-0.4, -0.2) is 10.9 Å². The lowest BCUT2D eigenvalue weighted by atomic mass is 10.1. The molecule has 3 heteroatoms. The number of nitrogens with zero attached hydrogens (tertiary/aromatic N) is 1. The fourth-order valence-corrected chi connectivity index (χ4v) is 1.45. The maximum atomic E-state index is 10.7. The van der Waals surface area contributed by atoms with E-state index >= 15 is 0 Å². The number of hydrogen-bond acceptors (Lipinski definition) is 2. The van der Waals surface area contributed by atoms with Crippen LogP contribution in [0.15, 0.2) is 36.7 Å². The number of hydrogen-bond donors (Lipinski definition) is 1. The molecule has 0 aliphatic rings. The van der Waals surface area contributed by atoms with Crippen LogP contribution in [0.4, 0.5) is 0 Å². The van der Waals surface area contributed by atoms with Crippen molar-refractivity contribution < 1.29 is 4.79 Å². The summed E-state index contributed by atoms with van der Waals surface area (Å²) in [4.78, 5) is 14.7. The Bertz CT molecular complexity index is 479. The summed E-state index contributed by atoms with van der Waals surface area (Å²) in [5, 5.41) is 2.15. The fourth-order valence-electron chi connectivity index (χ4n) is 1.45. The Kier molecular flexibility index (Phi) is 2.14. The van der Waals surface area contributed by atoms with Crippen molar-refractivity contribution in [3.05, 3.63) is 42.2 Å². The lowest BCUT2D eigenvalue weighted by molar-refractivity contribution is -0.117. The van der Waals surface area contributed by atoms with Crippen molar-refractivity contribution in [2.24, 2.45) is 5.73 Å². The standard InChI is InChI=1S/C11H10N2O/c12-11(14)6-8-1-2-9-3-4-13-7-10(9)5-8/h1-5,7H,6H2,(H2,12,14). The van der Waals surface area contributed by atoms with Gasteiger partial charge in [-0.3, -0.25) is 9.78 Å². The summed E-state index contributed by atoms with van der Waals surface area (Å²) in [5.74, 6) is -0.312. The zero-order chi connectivity index (χ0) is 9.97. The number of carbonyl (C=O) groups excluding carboxylic acids is 1. The van der Waals surface area contributed by atoms with Crippen molar-refractivity contribution in [3.63, 3.8) is 0 Å². The fraction of sp³-hybridized carbons (Fsp3) is 0.0909. The topological polar surface area (TPSA) is 56.0 Å². The third kappa shape index (κ3) is 1.71. The van der Waals surface area contributed by atoms with Gasteiger partial charge in [-0.1, -0.05) is 12.1 Å². The van der Waals surface area contributed by atoms with Gasteiger partial charge in [0.2, 0.25) is 5.91 Å². The Hall–Kier alpha value is -1.90. The molecule has 0 saturated carbocycles. The van der Waals surface area contributed by atoms with Crippen molar-refractivity contribution in [1.29, 1.82) is 0 Å². The molecule has 14 heavy (non-hydrogen) atoms. The first kappa shape index (κ1) is 8.69. The molecule has 70 valence electrons. The minimum atomic E-state index is -0.312. The molecule has 2 aromatic rings. The highest BCUT2D eigenvalue weighted by molar-refractivity contribution is 5.84. The molecule has 0 bridgehead atoms. The van der Waals surface area contributed by atoms with Gasteiger partial charge in [0.25, 0.3) is 0 Å². The van der Waals surface area contributed by atoms with Gasteiger partial charge >= 0.3 is 0 Å². The van der Waals surface area contributed by atoms with Crippen LogP contribution in [0.2, 0.25) is 0 Å². The molecule has 1 aromatic carbocycles. The van der Waals surface area contributed by atoms with E-state index in [4.69, 9.17) is 5.73 Å². The van der Waals surface area contributed by atoms with Crippen LogP contribution in [0.1, 0.15) is 5.56 Å². The number of rotatable bonds is 2. The zero-order valence-corrected chi connectivity index (χ0v) is 7.60. The summed E-state index contributed by atoms with van der Waals surface area (Å²) < 4.78 is 0. The lowest BCUT2D eigenvalue weighted by Gasteiger charge is -2.00. The quantitative estimate of drug-likeness (QED) is 0.767. The lowest BCUT2D eigenvalue weighted by Crippen LogP contribution is -2.13. The van der Waals surface area contributed by atoms with Gasteiger partial charge in [0.15, 0.2) is 0 Å². The summed E-state index contributed by atoms with van der Waals surface area (Å²) >= 11 is 0. The van der Waals surface area contributed by atoms with Crippen LogP contribution in [0, 0.1) is 0 Å². The number of aromatic nitrogens is 1. The van der Waals surface area contributed by atoms with E-state index in [9.17, 15) is 4.79 Å². The second-order valence-electron chi connectivity index (χ2n) is 3.20. The van der Waals surface area contributed by atoms with Gasteiger partial charge in [0, 0.05) is 17.8 Å². The van der Waals surface area contributed by atoms with Crippen LogP contribution < -0.4 is 5.73 Å². The number of nitrogens with two attached hydrogens (primary N) is 1. The van der Waals surface area contributed by atoms with Crippen molar-refractivity contribution in [2.45, 2.75) is 6.42 Å². The van der Waals surface area contributed by atoms with Crippen LogP contribution in [0.5, 0.6) is 0 Å². The van der Waals surface area contributed by atoms with E-state index in [1.54, 1.807) is 12.4 Å². The SMILES string of the molecule is NC(=O)Cc1ccc2ccncc2c1. The molecule has 2 rings (SSSR count). The van der Waals surface area contributed by atoms with Crippen LogP contribution in [0.3, 0.4) is 0 Å². The molecule has 0 atom stereocenters. The largest absolute Gasteiger partial charge is 0.369 e. The Labute approximate surface area is 81.6 Å². The normalized spacial score (nSPS) is 10.3. The zero-order valence-electron chi connectivity index (χ0n) is 7.60. The molecule has 1 amide bonds. The average Bonchev–Trinajstić information content (AvgIpc) is 2.17. The molecular weight excluding hydrogens is 176 g/mol. The molecule has 0 fully saturated rings. The average molecular weight is 186 g/mol. The minimum absolute atomic E-state index is 0.283. The van der Waals surface area contributed by atoms with Crippen LogP contribution in [0.25, 0.3) is 10.8 Å². The molecule has 1 heterocycles. The van der Waals surface area contributed by atoms with Gasteiger partial charge in [0.1, 0.15) is 0 Å². The van der Waals surface area contributed by atoms with E-state index in [0.29, 0.717) is 0 Å². The van der Waals surface area contributed by atoms with Gasteiger partial charge in [-0.2, -0.15) is 0 Å². The number of carbonyl (C=O) groups is 1. The molecule has 0 radical (unpaired) electrons. The number of benzene rings is 1. The number of primary amides is 1. The molecule has 2 N–H and O–H groups in total. The van der Waals surface area contributed by atoms with E-state index in [2.05, 4.69) is 4.98 Å². The highest BCUT2D eigenvalue weighted by Crippen LogP contribution is 2.14. The molecule has 0 spiro atoms. The maximum absolute atomic E-state index is 10.7. The van der Waals surface area contributed by atoms with Crippen molar-refractivity contribution in [2.75, 3.05) is 0 Å². The second kappa shape index (κ2) is 3.46. The molecular formula is C11H10N2O. The number of fused-ring (bicyclic) bond motifs is 1. The van der Waals surface area contributed by atoms with E-state index < -0.39 is 0 Å². The summed E-state index contributed by atoms with van der Waals surface area (Å²) in [6.07, 6.45) is 3.81. The minimum Gasteiger partial charge on any atom is -0.369 e. The van der Waals surface area contributed by atoms with E-state index in [0.717, 1.165) is 16.3 Å². The first-order chi connectivity index (χ1) is 6.75. The Balaban J connectivity index is 2.46. The first-order valence-corrected chi connectivity index (χ1v) is 4.37. The summed E-state index contributed by atoms with van der Waals surface area (Å²) in [6.45, 7) is 0. The predicted molar refractivity (Wildman–Crippen MR) is 54.6 cm³/mol. The Morgan fingerprint density at radius 1 is 1.29 bits per heavy atom. The van der Waals surface area contributed by atoms with E-state index in [1.165, 1.54) is 0 Å². The second-order valence-corrected chi connectivity index (χ2v) is 3.20. The maximum Gasteiger partial charge on any atom is 0.221 e. The predicted octanol–water partition coefficient (Wildman–Crippen LogP) is 1.26. The Morgan fingerprint density at radius 2 is 2.14 bits per heavy atom. The summed E-state index contributed by atoms with van der Waals surface area (Å²) in [6, 6.07) is 7.75. The van der Waals surface area contributed by atoms with Crippen molar-refractivity contribution in [3.8, 4) is 0 Å². The van der Waals surface area contributed by atoms with Gasteiger partial charge in [-0.25, -0.2) is 0 Å². The molecule has 3 nitrogen and oxygen atoms in total. The molecule has 0 aliphatic carbocycles. The number of pyridine rings is 1. The molecule has 0 saturated heterocycles. The van der Waals surface area contributed by atoms with Crippen LogP contribution >= 0.6 is 0 Å². The summed E-state index contributed by atoms with van der Waals surface area (Å²) in [7, 11) is 0. The van der Waals surface area contributed by atoms with Gasteiger partial charge < -0.3 is 5.73 Å². The number of amides is 1. The van der Waals surface area contributed by atoms with E-state index in [-0.39, 0.29) is 12.3 Å².